The molecule has 3 heteroatoms. The van der Waals surface area contributed by atoms with Crippen molar-refractivity contribution in [2.24, 2.45) is 0 Å². The number of rotatable bonds is 3. The molecule has 0 radical (unpaired) electrons. The summed E-state index contributed by atoms with van der Waals surface area (Å²) >= 11 is 0. The Morgan fingerprint density at radius 2 is 2.06 bits per heavy atom. The molecule has 1 aromatic heterocycles. The quantitative estimate of drug-likeness (QED) is 0.872. The maximum absolute atomic E-state index is 8.65. The van der Waals surface area contributed by atoms with Gasteiger partial charge in [0.15, 0.2) is 0 Å². The summed E-state index contributed by atoms with van der Waals surface area (Å²) in [6.07, 6.45) is 0. The average Bonchev–Trinajstić information content (AvgIpc) is 2.78. The minimum atomic E-state index is 0.350. The van der Waals surface area contributed by atoms with Crippen molar-refractivity contribution in [1.29, 1.82) is 5.26 Å². The molecule has 0 fully saturated rings. The van der Waals surface area contributed by atoms with Crippen LogP contribution in [0.2, 0.25) is 0 Å². The molecule has 0 saturated heterocycles. The summed E-state index contributed by atoms with van der Waals surface area (Å²) in [5.74, 6) is 1.12. The van der Waals surface area contributed by atoms with Crippen LogP contribution in [0.5, 0.6) is 0 Å². The minimum Gasteiger partial charge on any atom is -0.449 e. The maximum Gasteiger partial charge on any atom is 0.203 e. The van der Waals surface area contributed by atoms with Crippen LogP contribution in [0.4, 0.5) is 5.69 Å². The van der Waals surface area contributed by atoms with Crippen molar-refractivity contribution in [2.75, 3.05) is 5.32 Å². The molecule has 0 saturated carbocycles. The van der Waals surface area contributed by atoms with Gasteiger partial charge in [-0.3, -0.25) is 0 Å². The largest absolute Gasteiger partial charge is 0.449 e. The summed E-state index contributed by atoms with van der Waals surface area (Å²) in [6.45, 7) is 4.71. The van der Waals surface area contributed by atoms with Gasteiger partial charge in [0.05, 0.1) is 6.54 Å². The molecule has 0 aliphatic heterocycles. The van der Waals surface area contributed by atoms with Crippen LogP contribution >= 0.6 is 0 Å². The fraction of sp³-hybridized carbons (Fsp3) is 0.214. The third kappa shape index (κ3) is 2.67. The van der Waals surface area contributed by atoms with Gasteiger partial charge < -0.3 is 9.73 Å². The van der Waals surface area contributed by atoms with E-state index in [1.54, 1.807) is 6.07 Å². The van der Waals surface area contributed by atoms with Gasteiger partial charge in [-0.15, -0.1) is 0 Å². The number of benzene rings is 1. The van der Waals surface area contributed by atoms with Crippen LogP contribution < -0.4 is 5.32 Å². The fourth-order valence-corrected chi connectivity index (χ4v) is 1.64. The molecule has 0 amide bonds. The van der Waals surface area contributed by atoms with Gasteiger partial charge >= 0.3 is 0 Å². The highest BCUT2D eigenvalue weighted by atomic mass is 16.3. The second-order valence-corrected chi connectivity index (χ2v) is 4.05. The van der Waals surface area contributed by atoms with Gasteiger partial charge in [0.25, 0.3) is 0 Å². The molecule has 3 nitrogen and oxygen atoms in total. The monoisotopic (exact) mass is 226 g/mol. The lowest BCUT2D eigenvalue weighted by atomic mass is 10.1. The SMILES string of the molecule is Cc1ccc(C)c(NCc2ccc(C#N)o2)c1. The zero-order valence-corrected chi connectivity index (χ0v) is 9.95. The maximum atomic E-state index is 8.65. The first-order valence-electron chi connectivity index (χ1n) is 5.49. The molecule has 1 heterocycles. The first kappa shape index (κ1) is 11.3. The summed E-state index contributed by atoms with van der Waals surface area (Å²) in [4.78, 5) is 0. The molecule has 17 heavy (non-hydrogen) atoms. The van der Waals surface area contributed by atoms with E-state index in [0.717, 1.165) is 11.4 Å². The second kappa shape index (κ2) is 4.75. The van der Waals surface area contributed by atoms with E-state index in [-0.39, 0.29) is 0 Å². The summed E-state index contributed by atoms with van der Waals surface area (Å²) in [6, 6.07) is 11.7. The van der Waals surface area contributed by atoms with E-state index in [4.69, 9.17) is 9.68 Å². The Hall–Kier alpha value is -2.21. The fourth-order valence-electron chi connectivity index (χ4n) is 1.64. The van der Waals surface area contributed by atoms with Gasteiger partial charge in [0.1, 0.15) is 11.8 Å². The second-order valence-electron chi connectivity index (χ2n) is 4.05. The molecule has 2 rings (SSSR count). The van der Waals surface area contributed by atoms with Crippen molar-refractivity contribution >= 4 is 5.69 Å². The number of nitriles is 1. The Bertz CT molecular complexity index is 564. The Morgan fingerprint density at radius 3 is 2.76 bits per heavy atom. The summed E-state index contributed by atoms with van der Waals surface area (Å²) in [5, 5.41) is 12.0. The van der Waals surface area contributed by atoms with Crippen LogP contribution in [-0.4, -0.2) is 0 Å². The number of hydrogen-bond acceptors (Lipinski definition) is 3. The zero-order valence-electron chi connectivity index (χ0n) is 9.95. The van der Waals surface area contributed by atoms with Gasteiger partial charge in [0, 0.05) is 5.69 Å². The number of nitrogens with one attached hydrogen (secondary N) is 1. The first-order valence-corrected chi connectivity index (χ1v) is 5.49. The molecule has 0 spiro atoms. The van der Waals surface area contributed by atoms with Gasteiger partial charge in [-0.05, 0) is 43.2 Å². The van der Waals surface area contributed by atoms with Crippen LogP contribution in [0, 0.1) is 25.2 Å². The molecular formula is C14H14N2O. The Morgan fingerprint density at radius 1 is 1.24 bits per heavy atom. The molecule has 0 bridgehead atoms. The Labute approximate surface area is 101 Å². The van der Waals surface area contributed by atoms with Gasteiger partial charge in [-0.1, -0.05) is 12.1 Å². The highest BCUT2D eigenvalue weighted by Gasteiger charge is 2.02. The molecule has 0 aliphatic rings. The Balaban J connectivity index is 2.07. The van der Waals surface area contributed by atoms with Crippen LogP contribution in [0.3, 0.4) is 0 Å². The molecule has 0 atom stereocenters. The van der Waals surface area contributed by atoms with E-state index in [0.29, 0.717) is 12.3 Å². The van der Waals surface area contributed by atoms with Crippen LogP contribution in [0.1, 0.15) is 22.6 Å². The molecule has 1 N–H and O–H groups in total. The van der Waals surface area contributed by atoms with Crippen molar-refractivity contribution in [2.45, 2.75) is 20.4 Å². The summed E-state index contributed by atoms with van der Waals surface area (Å²) in [7, 11) is 0. The van der Waals surface area contributed by atoms with E-state index < -0.39 is 0 Å². The first-order chi connectivity index (χ1) is 8.19. The molecular weight excluding hydrogens is 212 g/mol. The number of anilines is 1. The van der Waals surface area contributed by atoms with Crippen molar-refractivity contribution in [3.8, 4) is 6.07 Å². The topological polar surface area (TPSA) is 49.0 Å². The highest BCUT2D eigenvalue weighted by Crippen LogP contribution is 2.17. The summed E-state index contributed by atoms with van der Waals surface area (Å²) in [5.41, 5.74) is 3.51. The van der Waals surface area contributed by atoms with E-state index in [1.165, 1.54) is 11.1 Å². The predicted molar refractivity (Wildman–Crippen MR) is 66.7 cm³/mol. The molecule has 0 aliphatic carbocycles. The normalized spacial score (nSPS) is 9.94. The predicted octanol–water partition coefficient (Wildman–Crippen LogP) is 3.38. The van der Waals surface area contributed by atoms with Crippen molar-refractivity contribution in [1.82, 2.24) is 0 Å². The average molecular weight is 226 g/mol. The van der Waals surface area contributed by atoms with Crippen molar-refractivity contribution in [3.05, 3.63) is 53.0 Å². The lowest BCUT2D eigenvalue weighted by molar-refractivity contribution is 0.506. The lowest BCUT2D eigenvalue weighted by Gasteiger charge is -2.08. The van der Waals surface area contributed by atoms with E-state index in [9.17, 15) is 0 Å². The summed E-state index contributed by atoms with van der Waals surface area (Å²) < 4.78 is 5.30. The lowest BCUT2D eigenvalue weighted by Crippen LogP contribution is -2.00. The number of furan rings is 1. The smallest absolute Gasteiger partial charge is 0.203 e. The van der Waals surface area contributed by atoms with E-state index >= 15 is 0 Å². The van der Waals surface area contributed by atoms with Crippen molar-refractivity contribution in [3.63, 3.8) is 0 Å². The minimum absolute atomic E-state index is 0.350. The number of nitrogens with zero attached hydrogens (tertiary/aromatic N) is 1. The highest BCUT2D eigenvalue weighted by molar-refractivity contribution is 5.52. The molecule has 86 valence electrons. The van der Waals surface area contributed by atoms with Crippen LogP contribution in [0.15, 0.2) is 34.7 Å². The standard InChI is InChI=1S/C14H14N2O/c1-10-3-4-11(2)14(7-10)16-9-13-6-5-12(8-15)17-13/h3-7,16H,9H2,1-2H3. The molecule has 2 aromatic rings. The van der Waals surface area contributed by atoms with Gasteiger partial charge in [-0.25, -0.2) is 0 Å². The molecule has 0 unspecified atom stereocenters. The zero-order chi connectivity index (χ0) is 12.3. The third-order valence-electron chi connectivity index (χ3n) is 2.62. The Kier molecular flexibility index (Phi) is 3.15. The van der Waals surface area contributed by atoms with Gasteiger partial charge in [0.2, 0.25) is 5.76 Å². The van der Waals surface area contributed by atoms with Crippen LogP contribution in [-0.2, 0) is 6.54 Å². The molecule has 1 aromatic carbocycles. The van der Waals surface area contributed by atoms with Crippen LogP contribution in [0.25, 0.3) is 0 Å². The third-order valence-corrected chi connectivity index (χ3v) is 2.62. The number of aryl methyl sites for hydroxylation is 2. The van der Waals surface area contributed by atoms with E-state index in [1.807, 2.05) is 12.1 Å². The van der Waals surface area contributed by atoms with Gasteiger partial charge in [-0.2, -0.15) is 5.26 Å². The number of hydrogen-bond donors (Lipinski definition) is 1. The van der Waals surface area contributed by atoms with E-state index in [2.05, 4.69) is 37.4 Å². The van der Waals surface area contributed by atoms with Crippen molar-refractivity contribution < 1.29 is 4.42 Å².